The van der Waals surface area contributed by atoms with Crippen LogP contribution in [0, 0.1) is 5.92 Å². The van der Waals surface area contributed by atoms with Gasteiger partial charge in [-0.2, -0.15) is 0 Å². The van der Waals surface area contributed by atoms with Crippen molar-refractivity contribution in [3.8, 4) is 0 Å². The Kier molecular flexibility index (Phi) is 6.75. The molecule has 1 saturated heterocycles. The van der Waals surface area contributed by atoms with Crippen molar-refractivity contribution in [1.82, 2.24) is 10.2 Å². The second kappa shape index (κ2) is 9.26. The van der Waals surface area contributed by atoms with Gasteiger partial charge in [-0.1, -0.05) is 30.3 Å². The van der Waals surface area contributed by atoms with E-state index >= 15 is 0 Å². The molecule has 1 fully saturated rings. The van der Waals surface area contributed by atoms with Gasteiger partial charge in [0.2, 0.25) is 11.8 Å². The second-order valence-electron chi connectivity index (χ2n) is 7.33. The molecule has 1 aliphatic rings. The van der Waals surface area contributed by atoms with Crippen LogP contribution in [0.3, 0.4) is 0 Å². The SMILES string of the molecule is CSc1cccc(N2CC(C(=O)NCc3ccccc3CN(C)C)CC2=O)c1. The van der Waals surface area contributed by atoms with Gasteiger partial charge in [-0.15, -0.1) is 11.8 Å². The first-order chi connectivity index (χ1) is 13.5. The van der Waals surface area contributed by atoms with E-state index < -0.39 is 0 Å². The van der Waals surface area contributed by atoms with E-state index in [2.05, 4.69) is 16.3 Å². The van der Waals surface area contributed by atoms with Crippen LogP contribution in [0.2, 0.25) is 0 Å². The summed E-state index contributed by atoms with van der Waals surface area (Å²) in [6, 6.07) is 16.0. The van der Waals surface area contributed by atoms with Gasteiger partial charge < -0.3 is 15.1 Å². The predicted octanol–water partition coefficient (Wildman–Crippen LogP) is 3.14. The smallest absolute Gasteiger partial charge is 0.227 e. The van der Waals surface area contributed by atoms with Crippen LogP contribution in [0.1, 0.15) is 17.5 Å². The Hall–Kier alpha value is -2.31. The molecular formula is C22H27N3O2S. The van der Waals surface area contributed by atoms with Crippen LogP contribution < -0.4 is 10.2 Å². The van der Waals surface area contributed by atoms with Crippen LogP contribution in [0.25, 0.3) is 0 Å². The molecule has 0 radical (unpaired) electrons. The average molecular weight is 398 g/mol. The number of rotatable bonds is 7. The Labute approximate surface area is 171 Å². The third-order valence-electron chi connectivity index (χ3n) is 4.92. The highest BCUT2D eigenvalue weighted by molar-refractivity contribution is 7.98. The first-order valence-corrected chi connectivity index (χ1v) is 10.6. The van der Waals surface area contributed by atoms with E-state index in [1.54, 1.807) is 16.7 Å². The van der Waals surface area contributed by atoms with Crippen LogP contribution in [-0.2, 0) is 22.7 Å². The van der Waals surface area contributed by atoms with Crippen LogP contribution in [0.15, 0.2) is 53.4 Å². The van der Waals surface area contributed by atoms with Crippen LogP contribution in [0.5, 0.6) is 0 Å². The van der Waals surface area contributed by atoms with Crippen molar-refractivity contribution in [2.75, 3.05) is 31.8 Å². The van der Waals surface area contributed by atoms with Crippen molar-refractivity contribution >= 4 is 29.3 Å². The monoisotopic (exact) mass is 397 g/mol. The largest absolute Gasteiger partial charge is 0.352 e. The third-order valence-corrected chi connectivity index (χ3v) is 5.64. The standard InChI is InChI=1S/C22H27N3O2S/c1-24(2)14-17-8-5-4-7-16(17)13-23-22(27)18-11-21(26)25(15-18)19-9-6-10-20(12-19)28-3/h4-10,12,18H,11,13-15H2,1-3H3,(H,23,27). The maximum absolute atomic E-state index is 12.7. The fraction of sp³-hybridized carbons (Fsp3) is 0.364. The molecule has 2 amide bonds. The van der Waals surface area contributed by atoms with Crippen molar-refractivity contribution in [2.45, 2.75) is 24.4 Å². The topological polar surface area (TPSA) is 52.7 Å². The second-order valence-corrected chi connectivity index (χ2v) is 8.21. The first kappa shape index (κ1) is 20.4. The molecule has 1 aliphatic heterocycles. The number of hydrogen-bond acceptors (Lipinski definition) is 4. The minimum atomic E-state index is -0.313. The van der Waals surface area contributed by atoms with E-state index in [0.29, 0.717) is 13.1 Å². The Morgan fingerprint density at radius 3 is 2.64 bits per heavy atom. The molecule has 148 valence electrons. The number of carbonyl (C=O) groups is 2. The number of nitrogens with zero attached hydrogens (tertiary/aromatic N) is 2. The molecule has 0 spiro atoms. The molecule has 2 aromatic rings. The summed E-state index contributed by atoms with van der Waals surface area (Å²) < 4.78 is 0. The molecule has 5 nitrogen and oxygen atoms in total. The summed E-state index contributed by atoms with van der Waals surface area (Å²) in [7, 11) is 4.06. The molecule has 28 heavy (non-hydrogen) atoms. The van der Waals surface area contributed by atoms with Gasteiger partial charge in [0.1, 0.15) is 0 Å². The van der Waals surface area contributed by atoms with Crippen LogP contribution in [0.4, 0.5) is 5.69 Å². The van der Waals surface area contributed by atoms with Crippen molar-refractivity contribution < 1.29 is 9.59 Å². The van der Waals surface area contributed by atoms with Gasteiger partial charge in [-0.3, -0.25) is 9.59 Å². The molecule has 1 N–H and O–H groups in total. The lowest BCUT2D eigenvalue weighted by Gasteiger charge is -2.18. The Morgan fingerprint density at radius 2 is 1.93 bits per heavy atom. The quantitative estimate of drug-likeness (QED) is 0.730. The Balaban J connectivity index is 1.62. The van der Waals surface area contributed by atoms with E-state index in [0.717, 1.165) is 22.7 Å². The molecule has 1 atom stereocenters. The van der Waals surface area contributed by atoms with E-state index in [-0.39, 0.29) is 24.2 Å². The number of amides is 2. The molecular weight excluding hydrogens is 370 g/mol. The summed E-state index contributed by atoms with van der Waals surface area (Å²) in [6.45, 7) is 1.74. The van der Waals surface area contributed by atoms with Gasteiger partial charge in [0, 0.05) is 36.6 Å². The number of nitrogens with one attached hydrogen (secondary N) is 1. The molecule has 0 bridgehead atoms. The zero-order valence-electron chi connectivity index (χ0n) is 16.6. The predicted molar refractivity (Wildman–Crippen MR) is 114 cm³/mol. The number of benzene rings is 2. The maximum atomic E-state index is 12.7. The fourth-order valence-corrected chi connectivity index (χ4v) is 3.92. The summed E-state index contributed by atoms with van der Waals surface area (Å²) in [4.78, 5) is 30.1. The molecule has 1 heterocycles. The highest BCUT2D eigenvalue weighted by Crippen LogP contribution is 2.28. The molecule has 0 aromatic heterocycles. The Bertz CT molecular complexity index is 853. The van der Waals surface area contributed by atoms with Crippen molar-refractivity contribution in [3.63, 3.8) is 0 Å². The van der Waals surface area contributed by atoms with Crippen molar-refractivity contribution in [1.29, 1.82) is 0 Å². The lowest BCUT2D eigenvalue weighted by Crippen LogP contribution is -2.33. The van der Waals surface area contributed by atoms with Gasteiger partial charge >= 0.3 is 0 Å². The number of carbonyl (C=O) groups excluding carboxylic acids is 2. The summed E-state index contributed by atoms with van der Waals surface area (Å²) in [5.74, 6) is -0.366. The zero-order chi connectivity index (χ0) is 20.1. The molecule has 3 rings (SSSR count). The van der Waals surface area contributed by atoms with E-state index in [4.69, 9.17) is 0 Å². The van der Waals surface area contributed by atoms with E-state index in [1.807, 2.05) is 62.8 Å². The first-order valence-electron chi connectivity index (χ1n) is 9.41. The molecule has 6 heteroatoms. The molecule has 2 aromatic carbocycles. The minimum Gasteiger partial charge on any atom is -0.352 e. The lowest BCUT2D eigenvalue weighted by molar-refractivity contribution is -0.126. The van der Waals surface area contributed by atoms with Gasteiger partial charge in [-0.05, 0) is 49.7 Å². The molecule has 0 aliphatic carbocycles. The van der Waals surface area contributed by atoms with E-state index in [9.17, 15) is 9.59 Å². The summed E-state index contributed by atoms with van der Waals surface area (Å²) in [6.07, 6.45) is 2.27. The van der Waals surface area contributed by atoms with Gasteiger partial charge in [0.05, 0.1) is 5.92 Å². The lowest BCUT2D eigenvalue weighted by atomic mass is 10.1. The highest BCUT2D eigenvalue weighted by Gasteiger charge is 2.35. The van der Waals surface area contributed by atoms with Crippen LogP contribution in [-0.4, -0.2) is 43.6 Å². The third kappa shape index (κ3) is 4.94. The fourth-order valence-electron chi connectivity index (χ4n) is 3.46. The molecule has 0 saturated carbocycles. The van der Waals surface area contributed by atoms with Crippen LogP contribution >= 0.6 is 11.8 Å². The summed E-state index contributed by atoms with van der Waals surface area (Å²) in [5.41, 5.74) is 3.17. The number of anilines is 1. The minimum absolute atomic E-state index is 0.00594. The molecule has 1 unspecified atom stereocenters. The zero-order valence-corrected chi connectivity index (χ0v) is 17.5. The van der Waals surface area contributed by atoms with Crippen molar-refractivity contribution in [2.24, 2.45) is 5.92 Å². The average Bonchev–Trinajstić information content (AvgIpc) is 3.08. The normalized spacial score (nSPS) is 16.6. The Morgan fingerprint density at radius 1 is 1.18 bits per heavy atom. The highest BCUT2D eigenvalue weighted by atomic mass is 32.2. The number of thioether (sulfide) groups is 1. The summed E-state index contributed by atoms with van der Waals surface area (Å²) in [5, 5.41) is 3.03. The summed E-state index contributed by atoms with van der Waals surface area (Å²) >= 11 is 1.64. The van der Waals surface area contributed by atoms with E-state index in [1.165, 1.54) is 5.56 Å². The van der Waals surface area contributed by atoms with Gasteiger partial charge in [0.25, 0.3) is 0 Å². The maximum Gasteiger partial charge on any atom is 0.227 e. The van der Waals surface area contributed by atoms with Crippen molar-refractivity contribution in [3.05, 3.63) is 59.7 Å². The van der Waals surface area contributed by atoms with Gasteiger partial charge in [0.15, 0.2) is 0 Å². The van der Waals surface area contributed by atoms with Gasteiger partial charge in [-0.25, -0.2) is 0 Å². The number of hydrogen-bond donors (Lipinski definition) is 1.